The molecule has 134 valence electrons. The highest BCUT2D eigenvalue weighted by Gasteiger charge is 2.29. The quantitative estimate of drug-likeness (QED) is 0.400. The molecule has 24 heavy (non-hydrogen) atoms. The van der Waals surface area contributed by atoms with E-state index in [4.69, 9.17) is 13.9 Å². The normalized spacial score (nSPS) is 11.8. The smallest absolute Gasteiger partial charge is 0.496 e. The molecule has 2 rings (SSSR count). The van der Waals surface area contributed by atoms with E-state index in [1.165, 1.54) is 0 Å². The van der Waals surface area contributed by atoms with Gasteiger partial charge in [0.05, 0.1) is 25.7 Å². The molecule has 0 fully saturated rings. The van der Waals surface area contributed by atoms with Crippen molar-refractivity contribution in [1.82, 2.24) is 0 Å². The Morgan fingerprint density at radius 1 is 0.958 bits per heavy atom. The molecule has 3 nitrogen and oxygen atoms in total. The fraction of sp³-hybridized carbons (Fsp3) is 0.438. The molecule has 0 saturated heterocycles. The molecular weight excluding hydrogens is 327 g/mol. The van der Waals surface area contributed by atoms with Gasteiger partial charge in [0.1, 0.15) is 16.9 Å². The third kappa shape index (κ3) is 5.58. The number of hydrogen-bond acceptors (Lipinski definition) is 2. The fourth-order valence-electron chi connectivity index (χ4n) is 2.10. The summed E-state index contributed by atoms with van der Waals surface area (Å²) in [4.78, 5) is 0. The Morgan fingerprint density at radius 2 is 1.50 bits per heavy atom. The van der Waals surface area contributed by atoms with Crippen molar-refractivity contribution in [2.75, 3.05) is 14.2 Å². The van der Waals surface area contributed by atoms with Crippen LogP contribution in [0.15, 0.2) is 22.6 Å². The third-order valence-corrected chi connectivity index (χ3v) is 3.20. The van der Waals surface area contributed by atoms with Crippen LogP contribution in [0.1, 0.15) is 32.1 Å². The molecule has 0 aliphatic rings. The van der Waals surface area contributed by atoms with Gasteiger partial charge in [-0.15, -0.1) is 0 Å². The van der Waals surface area contributed by atoms with Crippen LogP contribution in [0.2, 0.25) is 0 Å². The second-order valence-corrected chi connectivity index (χ2v) is 6.24. The SMILES string of the molecule is COc1cc(OC)c2c(C)cc(C(C)(C)C)[o+]c2c1.F[B-](F)(F)F. The molecule has 0 radical (unpaired) electrons. The highest BCUT2D eigenvalue weighted by atomic mass is 19.5. The highest BCUT2D eigenvalue weighted by Crippen LogP contribution is 2.36. The number of fused-ring (bicyclic) bond motifs is 1. The summed E-state index contributed by atoms with van der Waals surface area (Å²) in [6.07, 6.45) is 0. The van der Waals surface area contributed by atoms with E-state index in [0.29, 0.717) is 0 Å². The maximum atomic E-state index is 9.75. The minimum atomic E-state index is -6.00. The standard InChI is InChI=1S/C16H21O3.BF4/c1-10-7-14(16(2,3)4)19-13-9-11(17-5)8-12(18-6)15(10)13;2-1(3,4)5/h7-9H,1-6H3;/q+1;-1. The zero-order valence-corrected chi connectivity index (χ0v) is 14.5. The molecule has 2 aromatic rings. The Bertz CT molecular complexity index is 703. The van der Waals surface area contributed by atoms with Gasteiger partial charge in [-0.05, 0) is 33.3 Å². The molecule has 0 bridgehead atoms. The van der Waals surface area contributed by atoms with Gasteiger partial charge < -0.3 is 26.7 Å². The van der Waals surface area contributed by atoms with E-state index < -0.39 is 7.25 Å². The van der Waals surface area contributed by atoms with Crippen molar-refractivity contribution in [1.29, 1.82) is 0 Å². The summed E-state index contributed by atoms with van der Waals surface area (Å²) in [5.41, 5.74) is 1.90. The number of aryl methyl sites for hydroxylation is 1. The van der Waals surface area contributed by atoms with Crippen molar-refractivity contribution in [3.63, 3.8) is 0 Å². The maximum Gasteiger partial charge on any atom is 0.673 e. The zero-order valence-electron chi connectivity index (χ0n) is 14.5. The summed E-state index contributed by atoms with van der Waals surface area (Å²) >= 11 is 0. The monoisotopic (exact) mass is 348 g/mol. The van der Waals surface area contributed by atoms with Gasteiger partial charge in [0.25, 0.3) is 0 Å². The van der Waals surface area contributed by atoms with Gasteiger partial charge in [0, 0.05) is 12.1 Å². The van der Waals surface area contributed by atoms with Gasteiger partial charge in [-0.25, -0.2) is 4.42 Å². The van der Waals surface area contributed by atoms with Gasteiger partial charge in [0.15, 0.2) is 0 Å². The van der Waals surface area contributed by atoms with Crippen LogP contribution in [0, 0.1) is 6.92 Å². The molecule has 1 aromatic carbocycles. The molecule has 0 aliphatic carbocycles. The van der Waals surface area contributed by atoms with E-state index in [1.54, 1.807) is 14.2 Å². The lowest BCUT2D eigenvalue weighted by Crippen LogP contribution is -2.11. The van der Waals surface area contributed by atoms with Crippen molar-refractivity contribution >= 4 is 18.2 Å². The van der Waals surface area contributed by atoms with Gasteiger partial charge in [0.2, 0.25) is 0 Å². The number of rotatable bonds is 2. The van der Waals surface area contributed by atoms with E-state index in [1.807, 2.05) is 12.1 Å². The van der Waals surface area contributed by atoms with Crippen molar-refractivity contribution < 1.29 is 31.2 Å². The molecule has 1 aromatic heterocycles. The first-order chi connectivity index (χ1) is 10.9. The van der Waals surface area contributed by atoms with Gasteiger partial charge >= 0.3 is 18.6 Å². The van der Waals surface area contributed by atoms with Crippen LogP contribution in [0.4, 0.5) is 17.3 Å². The Kier molecular flexibility index (Phi) is 6.08. The van der Waals surface area contributed by atoms with Crippen LogP contribution >= 0.6 is 0 Å². The van der Waals surface area contributed by atoms with Crippen LogP contribution in [0.25, 0.3) is 11.0 Å². The van der Waals surface area contributed by atoms with Crippen LogP contribution in [-0.2, 0) is 5.41 Å². The van der Waals surface area contributed by atoms with Gasteiger partial charge in [-0.1, -0.05) is 0 Å². The van der Waals surface area contributed by atoms with Crippen LogP contribution < -0.4 is 9.47 Å². The molecule has 0 amide bonds. The topological polar surface area (TPSA) is 29.8 Å². The molecular formula is C16H21BF4O3. The van der Waals surface area contributed by atoms with E-state index in [0.717, 1.165) is 33.8 Å². The van der Waals surface area contributed by atoms with Crippen molar-refractivity contribution in [3.8, 4) is 11.5 Å². The molecule has 0 spiro atoms. The fourth-order valence-corrected chi connectivity index (χ4v) is 2.10. The van der Waals surface area contributed by atoms with Crippen molar-refractivity contribution in [2.24, 2.45) is 0 Å². The van der Waals surface area contributed by atoms with Crippen molar-refractivity contribution in [2.45, 2.75) is 33.1 Å². The van der Waals surface area contributed by atoms with E-state index in [-0.39, 0.29) is 5.41 Å². The second-order valence-electron chi connectivity index (χ2n) is 6.24. The van der Waals surface area contributed by atoms with Crippen LogP contribution in [0.3, 0.4) is 0 Å². The Hall–Kier alpha value is -1.99. The van der Waals surface area contributed by atoms with E-state index >= 15 is 0 Å². The number of halogens is 4. The van der Waals surface area contributed by atoms with Crippen LogP contribution in [-0.4, -0.2) is 21.5 Å². The Balaban J connectivity index is 0.000000505. The lowest BCUT2D eigenvalue weighted by atomic mass is 9.91. The summed E-state index contributed by atoms with van der Waals surface area (Å²) in [7, 11) is -2.70. The van der Waals surface area contributed by atoms with Crippen molar-refractivity contribution in [3.05, 3.63) is 29.5 Å². The highest BCUT2D eigenvalue weighted by molar-refractivity contribution is 6.50. The minimum absolute atomic E-state index is 0.0325. The van der Waals surface area contributed by atoms with Crippen LogP contribution in [0.5, 0.6) is 11.5 Å². The van der Waals surface area contributed by atoms with Gasteiger partial charge in [-0.3, -0.25) is 0 Å². The summed E-state index contributed by atoms with van der Waals surface area (Å²) in [5, 5.41) is 0.997. The first kappa shape index (κ1) is 20.1. The predicted octanol–water partition coefficient (Wildman–Crippen LogP) is 5.64. The maximum absolute atomic E-state index is 9.75. The first-order valence-electron chi connectivity index (χ1n) is 7.24. The molecule has 1 heterocycles. The Labute approximate surface area is 138 Å². The number of ether oxygens (including phenoxy) is 2. The third-order valence-electron chi connectivity index (χ3n) is 3.20. The molecule has 0 N–H and O–H groups in total. The zero-order chi connectivity index (χ0) is 18.7. The molecule has 0 atom stereocenters. The number of methoxy groups -OCH3 is 2. The summed E-state index contributed by atoms with van der Waals surface area (Å²) in [6.45, 7) is 8.47. The second kappa shape index (κ2) is 7.28. The minimum Gasteiger partial charge on any atom is -0.496 e. The molecule has 0 unspecified atom stereocenters. The average Bonchev–Trinajstić information content (AvgIpc) is 2.42. The van der Waals surface area contributed by atoms with E-state index in [2.05, 4.69) is 33.8 Å². The number of hydrogen-bond donors (Lipinski definition) is 0. The van der Waals surface area contributed by atoms with Gasteiger partial charge in [-0.2, -0.15) is 0 Å². The first-order valence-corrected chi connectivity index (χ1v) is 7.24. The molecule has 8 heteroatoms. The van der Waals surface area contributed by atoms with E-state index in [9.17, 15) is 17.3 Å². The summed E-state index contributed by atoms with van der Waals surface area (Å²) < 4.78 is 55.8. The Morgan fingerprint density at radius 3 is 1.92 bits per heavy atom. The largest absolute Gasteiger partial charge is 0.673 e. The average molecular weight is 348 g/mol. The predicted molar refractivity (Wildman–Crippen MR) is 87.3 cm³/mol. The lowest BCUT2D eigenvalue weighted by molar-refractivity contribution is 0.368. The summed E-state index contributed by atoms with van der Waals surface area (Å²) in [5.74, 6) is 2.46. The molecule has 0 saturated carbocycles. The lowest BCUT2D eigenvalue weighted by Gasteiger charge is -2.11. The summed E-state index contributed by atoms with van der Waals surface area (Å²) in [6, 6.07) is 5.86. The molecule has 0 aliphatic heterocycles. The number of benzene rings is 1.